The van der Waals surface area contributed by atoms with Crippen LogP contribution in [0, 0.1) is 17.8 Å². The van der Waals surface area contributed by atoms with Crippen molar-refractivity contribution in [1.29, 1.82) is 0 Å². The van der Waals surface area contributed by atoms with Crippen molar-refractivity contribution in [3.05, 3.63) is 24.5 Å². The molecule has 2 aliphatic carbocycles. The van der Waals surface area contributed by atoms with Gasteiger partial charge in [0.25, 0.3) is 0 Å². The SMILES string of the molecule is CC.CC(C)(C)OC(=O)NCC1CCC(C(=O)N2CCN(c3ccncc3)CC2)CC1.CNC(=O)OC(C)(C)C.O=C(O)C1CCCCC1. The minimum Gasteiger partial charge on any atom is -0.481 e. The van der Waals surface area contributed by atoms with Crippen molar-refractivity contribution in [3.63, 3.8) is 0 Å². The minimum absolute atomic E-state index is 0.0289. The van der Waals surface area contributed by atoms with E-state index in [1.807, 2.05) is 84.8 Å². The van der Waals surface area contributed by atoms with E-state index in [2.05, 4.69) is 20.5 Å². The number of carbonyl (C=O) groups is 4. The third-order valence-electron chi connectivity index (χ3n) is 8.31. The van der Waals surface area contributed by atoms with E-state index in [-0.39, 0.29) is 29.6 Å². The summed E-state index contributed by atoms with van der Waals surface area (Å²) in [5, 5.41) is 13.8. The summed E-state index contributed by atoms with van der Waals surface area (Å²) in [6.07, 6.45) is 11.9. The second-order valence-corrected chi connectivity index (χ2v) is 14.5. The van der Waals surface area contributed by atoms with Crippen molar-refractivity contribution in [1.82, 2.24) is 20.5 Å². The zero-order chi connectivity index (χ0) is 37.0. The number of carbonyl (C=O) groups excluding carboxylic acids is 3. The topological polar surface area (TPSA) is 150 Å². The summed E-state index contributed by atoms with van der Waals surface area (Å²) in [5.41, 5.74) is 0.306. The van der Waals surface area contributed by atoms with Crippen molar-refractivity contribution in [2.75, 3.05) is 44.7 Å². The number of anilines is 1. The number of hydrogen-bond acceptors (Lipinski definition) is 8. The Hall–Kier alpha value is -3.57. The molecule has 1 aromatic heterocycles. The maximum absolute atomic E-state index is 12.9. The number of nitrogens with one attached hydrogen (secondary N) is 2. The number of aliphatic carboxylic acids is 1. The number of ether oxygens (including phenoxy) is 2. The number of aromatic nitrogens is 1. The molecule has 0 atom stereocenters. The Labute approximate surface area is 295 Å². The highest BCUT2D eigenvalue weighted by atomic mass is 16.6. The molecular weight excluding hydrogens is 626 g/mol. The van der Waals surface area contributed by atoms with Gasteiger partial charge in [0.1, 0.15) is 11.2 Å². The van der Waals surface area contributed by atoms with Crippen LogP contribution in [0.1, 0.15) is 113 Å². The van der Waals surface area contributed by atoms with E-state index in [0.717, 1.165) is 77.5 Å². The number of carboxylic acids is 1. The molecule has 1 saturated heterocycles. The van der Waals surface area contributed by atoms with Gasteiger partial charge in [-0.1, -0.05) is 33.1 Å². The summed E-state index contributed by atoms with van der Waals surface area (Å²) < 4.78 is 10.1. The third-order valence-corrected chi connectivity index (χ3v) is 8.31. The molecule has 12 heteroatoms. The van der Waals surface area contributed by atoms with Gasteiger partial charge in [-0.15, -0.1) is 0 Å². The highest BCUT2D eigenvalue weighted by Gasteiger charge is 2.31. The number of pyridine rings is 1. The highest BCUT2D eigenvalue weighted by molar-refractivity contribution is 5.79. The van der Waals surface area contributed by atoms with Crippen LogP contribution in [-0.4, -0.2) is 90.0 Å². The van der Waals surface area contributed by atoms with Gasteiger partial charge in [-0.2, -0.15) is 0 Å². The smallest absolute Gasteiger partial charge is 0.407 e. The van der Waals surface area contributed by atoms with E-state index in [1.54, 1.807) is 0 Å². The average Bonchev–Trinajstić information content (AvgIpc) is 3.08. The van der Waals surface area contributed by atoms with E-state index >= 15 is 0 Å². The monoisotopic (exact) mass is 691 g/mol. The van der Waals surface area contributed by atoms with Gasteiger partial charge >= 0.3 is 18.2 Å². The van der Waals surface area contributed by atoms with Gasteiger partial charge in [0, 0.05) is 63.8 Å². The highest BCUT2D eigenvalue weighted by Crippen LogP contribution is 2.30. The van der Waals surface area contributed by atoms with Crippen LogP contribution in [0.2, 0.25) is 0 Å². The maximum Gasteiger partial charge on any atom is 0.407 e. The number of alkyl carbamates (subject to hydrolysis) is 2. The molecular formula is C37H65N5O7. The van der Waals surface area contributed by atoms with Crippen LogP contribution < -0.4 is 15.5 Å². The van der Waals surface area contributed by atoms with Gasteiger partial charge in [0.2, 0.25) is 5.91 Å². The molecule has 0 radical (unpaired) electrons. The summed E-state index contributed by atoms with van der Waals surface area (Å²) in [6.45, 7) is 19.0. The summed E-state index contributed by atoms with van der Waals surface area (Å²) in [4.78, 5) is 54.0. The molecule has 12 nitrogen and oxygen atoms in total. The first-order valence-electron chi connectivity index (χ1n) is 18.1. The van der Waals surface area contributed by atoms with Crippen molar-refractivity contribution < 1.29 is 33.8 Å². The Morgan fingerprint density at radius 3 is 1.71 bits per heavy atom. The van der Waals surface area contributed by atoms with Crippen LogP contribution in [0.4, 0.5) is 15.3 Å². The Bertz CT molecular complexity index is 1100. The van der Waals surface area contributed by atoms with Crippen LogP contribution in [0.25, 0.3) is 0 Å². The fourth-order valence-corrected chi connectivity index (χ4v) is 5.83. The number of rotatable bonds is 5. The summed E-state index contributed by atoms with van der Waals surface area (Å²) >= 11 is 0. The molecule has 0 aromatic carbocycles. The predicted molar refractivity (Wildman–Crippen MR) is 194 cm³/mol. The minimum atomic E-state index is -0.602. The number of amides is 3. The Morgan fingerprint density at radius 1 is 0.776 bits per heavy atom. The molecule has 1 aromatic rings. The van der Waals surface area contributed by atoms with Crippen LogP contribution in [0.5, 0.6) is 0 Å². The second-order valence-electron chi connectivity index (χ2n) is 14.5. The van der Waals surface area contributed by atoms with E-state index in [1.165, 1.54) is 19.2 Å². The molecule has 3 amide bonds. The molecule has 4 rings (SSSR count). The first-order chi connectivity index (χ1) is 23.1. The number of carboxylic acid groups (broad SMARTS) is 1. The zero-order valence-electron chi connectivity index (χ0n) is 31.7. The van der Waals surface area contributed by atoms with Crippen LogP contribution >= 0.6 is 0 Å². The molecule has 0 spiro atoms. The first kappa shape index (κ1) is 43.5. The van der Waals surface area contributed by atoms with Crippen molar-refractivity contribution in [2.24, 2.45) is 17.8 Å². The molecule has 280 valence electrons. The average molecular weight is 692 g/mol. The van der Waals surface area contributed by atoms with Gasteiger partial charge in [-0.3, -0.25) is 14.6 Å². The number of hydrogen-bond donors (Lipinski definition) is 3. The Balaban J connectivity index is 0.000000489. The van der Waals surface area contributed by atoms with Gasteiger partial charge in [-0.05, 0) is 98.1 Å². The molecule has 2 heterocycles. The molecule has 1 aliphatic heterocycles. The lowest BCUT2D eigenvalue weighted by molar-refractivity contribution is -0.142. The van der Waals surface area contributed by atoms with Crippen molar-refractivity contribution in [3.8, 4) is 0 Å². The zero-order valence-corrected chi connectivity index (χ0v) is 31.7. The van der Waals surface area contributed by atoms with Crippen LogP contribution in [0.15, 0.2) is 24.5 Å². The lowest BCUT2D eigenvalue weighted by Gasteiger charge is -2.38. The van der Waals surface area contributed by atoms with Gasteiger partial charge in [0.15, 0.2) is 0 Å². The summed E-state index contributed by atoms with van der Waals surface area (Å²) in [7, 11) is 1.54. The Kier molecular flexibility index (Phi) is 19.7. The molecule has 0 unspecified atom stereocenters. The molecule has 0 bridgehead atoms. The predicted octanol–water partition coefficient (Wildman–Crippen LogP) is 6.88. The molecule has 3 fully saturated rings. The normalized spacial score (nSPS) is 19.6. The van der Waals surface area contributed by atoms with E-state index < -0.39 is 11.6 Å². The van der Waals surface area contributed by atoms with Crippen LogP contribution in [0.3, 0.4) is 0 Å². The van der Waals surface area contributed by atoms with Gasteiger partial charge in [0.05, 0.1) is 5.92 Å². The van der Waals surface area contributed by atoms with E-state index in [9.17, 15) is 19.2 Å². The second kappa shape index (κ2) is 22.2. The molecule has 2 saturated carbocycles. The van der Waals surface area contributed by atoms with Crippen molar-refractivity contribution in [2.45, 2.75) is 124 Å². The number of piperazine rings is 1. The molecule has 3 aliphatic rings. The van der Waals surface area contributed by atoms with E-state index in [4.69, 9.17) is 14.6 Å². The van der Waals surface area contributed by atoms with Gasteiger partial charge in [-0.25, -0.2) is 9.59 Å². The maximum atomic E-state index is 12.9. The van der Waals surface area contributed by atoms with E-state index in [0.29, 0.717) is 18.4 Å². The number of nitrogens with zero attached hydrogens (tertiary/aromatic N) is 3. The third kappa shape index (κ3) is 18.7. The quantitative estimate of drug-likeness (QED) is 0.300. The van der Waals surface area contributed by atoms with Gasteiger partial charge < -0.3 is 35.0 Å². The summed E-state index contributed by atoms with van der Waals surface area (Å²) in [6, 6.07) is 4.04. The molecule has 49 heavy (non-hydrogen) atoms. The summed E-state index contributed by atoms with van der Waals surface area (Å²) in [5.74, 6) is 0.224. The fourth-order valence-electron chi connectivity index (χ4n) is 5.83. The lowest BCUT2D eigenvalue weighted by atomic mass is 9.81. The first-order valence-corrected chi connectivity index (χ1v) is 18.1. The van der Waals surface area contributed by atoms with Crippen molar-refractivity contribution >= 4 is 29.8 Å². The fraction of sp³-hybridized carbons (Fsp3) is 0.757. The standard InChI is InChI=1S/C22H34N4O3.C7H12O2.C6H13NO2.C2H6/c1-22(2,3)29-21(28)24-16-17-4-6-18(7-5-17)20(27)26-14-12-25(13-15-26)19-8-10-23-11-9-19;8-7(9)6-4-2-1-3-5-6;1-6(2,3)9-5(8)7-4;1-2/h8-11,17-18H,4-7,12-16H2,1-3H3,(H,24,28);6H,1-5H2,(H,8,9);1-4H3,(H,7,8);1-2H3. The Morgan fingerprint density at radius 2 is 1.29 bits per heavy atom. The van der Waals surface area contributed by atoms with Crippen LogP contribution in [-0.2, 0) is 19.1 Å². The largest absolute Gasteiger partial charge is 0.481 e. The molecule has 3 N–H and O–H groups in total. The lowest BCUT2D eigenvalue weighted by Crippen LogP contribution is -2.50.